The van der Waals surface area contributed by atoms with E-state index in [0.717, 1.165) is 6.42 Å². The number of benzene rings is 1. The lowest BCUT2D eigenvalue weighted by Gasteiger charge is -2.09. The lowest BCUT2D eigenvalue weighted by atomic mass is 10.1. The number of nitrogens with one attached hydrogen (secondary N) is 1. The Morgan fingerprint density at radius 1 is 1.53 bits per heavy atom. The molecule has 1 amide bonds. The van der Waals surface area contributed by atoms with Crippen LogP contribution in [0.5, 0.6) is 5.75 Å². The number of ether oxygens (including phenoxy) is 1. The topological polar surface area (TPSA) is 62.1 Å². The van der Waals surface area contributed by atoms with Crippen molar-refractivity contribution in [3.8, 4) is 11.8 Å². The van der Waals surface area contributed by atoms with Crippen LogP contribution >= 0.6 is 11.6 Å². The quantitative estimate of drug-likeness (QED) is 0.871. The first-order chi connectivity index (χ1) is 9.02. The van der Waals surface area contributed by atoms with Gasteiger partial charge < -0.3 is 10.1 Å². The highest BCUT2D eigenvalue weighted by atomic mass is 35.5. The molecule has 102 valence electrons. The standard InChI is InChI=1S/C14H17ClN2O2/c1-10(2)5-6-17-14(18)9-19-13-4-3-11(8-16)7-12(13)15/h3-4,7,10H,5-6,9H2,1-2H3,(H,17,18). The Labute approximate surface area is 118 Å². The molecule has 0 heterocycles. The van der Waals surface area contributed by atoms with Crippen molar-refractivity contribution in [1.29, 1.82) is 5.26 Å². The van der Waals surface area contributed by atoms with Gasteiger partial charge in [-0.05, 0) is 30.5 Å². The Hall–Kier alpha value is -1.73. The van der Waals surface area contributed by atoms with Crippen LogP contribution in [0.15, 0.2) is 18.2 Å². The molecular weight excluding hydrogens is 264 g/mol. The Morgan fingerprint density at radius 2 is 2.26 bits per heavy atom. The van der Waals surface area contributed by atoms with E-state index in [9.17, 15) is 4.79 Å². The summed E-state index contributed by atoms with van der Waals surface area (Å²) in [6, 6.07) is 6.67. The van der Waals surface area contributed by atoms with Crippen molar-refractivity contribution < 1.29 is 9.53 Å². The van der Waals surface area contributed by atoms with Crippen molar-refractivity contribution >= 4 is 17.5 Å². The number of amides is 1. The van der Waals surface area contributed by atoms with Gasteiger partial charge in [0.25, 0.3) is 5.91 Å². The van der Waals surface area contributed by atoms with Gasteiger partial charge in [-0.3, -0.25) is 4.79 Å². The molecule has 0 aromatic heterocycles. The van der Waals surface area contributed by atoms with Gasteiger partial charge in [-0.1, -0.05) is 25.4 Å². The molecule has 0 fully saturated rings. The Morgan fingerprint density at radius 3 is 2.84 bits per heavy atom. The maximum atomic E-state index is 11.5. The van der Waals surface area contributed by atoms with Crippen LogP contribution in [0.25, 0.3) is 0 Å². The predicted octanol–water partition coefficient (Wildman–Crippen LogP) is 2.75. The second-order valence-corrected chi connectivity index (χ2v) is 4.99. The van der Waals surface area contributed by atoms with E-state index in [1.807, 2.05) is 6.07 Å². The van der Waals surface area contributed by atoms with E-state index in [1.54, 1.807) is 12.1 Å². The minimum atomic E-state index is -0.180. The molecule has 0 spiro atoms. The van der Waals surface area contributed by atoms with E-state index in [1.165, 1.54) is 6.07 Å². The third-order valence-electron chi connectivity index (χ3n) is 2.46. The van der Waals surface area contributed by atoms with E-state index >= 15 is 0 Å². The Balaban J connectivity index is 2.40. The molecular formula is C14H17ClN2O2. The number of nitriles is 1. The summed E-state index contributed by atoms with van der Waals surface area (Å²) in [6.45, 7) is 4.75. The summed E-state index contributed by atoms with van der Waals surface area (Å²) >= 11 is 5.93. The van der Waals surface area contributed by atoms with Crippen LogP contribution in [-0.2, 0) is 4.79 Å². The molecule has 4 nitrogen and oxygen atoms in total. The maximum absolute atomic E-state index is 11.5. The van der Waals surface area contributed by atoms with Crippen LogP contribution < -0.4 is 10.1 Å². The summed E-state index contributed by atoms with van der Waals surface area (Å²) < 4.78 is 5.30. The van der Waals surface area contributed by atoms with Crippen molar-refractivity contribution in [3.63, 3.8) is 0 Å². The van der Waals surface area contributed by atoms with Crippen LogP contribution in [0.3, 0.4) is 0 Å². The first-order valence-electron chi connectivity index (χ1n) is 6.12. The zero-order valence-electron chi connectivity index (χ0n) is 11.1. The third kappa shape index (κ3) is 5.62. The molecule has 1 aromatic rings. The molecule has 0 saturated carbocycles. The van der Waals surface area contributed by atoms with Crippen LogP contribution in [0.2, 0.25) is 5.02 Å². The number of hydrogen-bond donors (Lipinski definition) is 1. The maximum Gasteiger partial charge on any atom is 0.257 e. The molecule has 1 aromatic carbocycles. The smallest absolute Gasteiger partial charge is 0.257 e. The van der Waals surface area contributed by atoms with E-state index in [0.29, 0.717) is 28.8 Å². The average Bonchev–Trinajstić information content (AvgIpc) is 2.36. The van der Waals surface area contributed by atoms with Gasteiger partial charge in [0.15, 0.2) is 6.61 Å². The first kappa shape index (κ1) is 15.3. The summed E-state index contributed by atoms with van der Waals surface area (Å²) in [6.07, 6.45) is 0.934. The summed E-state index contributed by atoms with van der Waals surface area (Å²) in [5.74, 6) is 0.773. The fraction of sp³-hybridized carbons (Fsp3) is 0.429. The molecule has 0 atom stereocenters. The molecule has 0 aliphatic heterocycles. The average molecular weight is 281 g/mol. The van der Waals surface area contributed by atoms with Gasteiger partial charge in [0.1, 0.15) is 5.75 Å². The van der Waals surface area contributed by atoms with E-state index in [2.05, 4.69) is 19.2 Å². The van der Waals surface area contributed by atoms with Crippen molar-refractivity contribution in [2.24, 2.45) is 5.92 Å². The highest BCUT2D eigenvalue weighted by Gasteiger charge is 2.06. The number of carbonyl (C=O) groups is 1. The van der Waals surface area contributed by atoms with Crippen LogP contribution in [0, 0.1) is 17.2 Å². The van der Waals surface area contributed by atoms with Gasteiger partial charge in [0.2, 0.25) is 0 Å². The molecule has 0 aliphatic rings. The number of halogens is 1. The summed E-state index contributed by atoms with van der Waals surface area (Å²) in [5, 5.41) is 11.8. The zero-order chi connectivity index (χ0) is 14.3. The monoisotopic (exact) mass is 280 g/mol. The number of hydrogen-bond acceptors (Lipinski definition) is 3. The normalized spacial score (nSPS) is 10.1. The van der Waals surface area contributed by atoms with Gasteiger partial charge in [-0.2, -0.15) is 5.26 Å². The minimum Gasteiger partial charge on any atom is -0.482 e. The fourth-order valence-corrected chi connectivity index (χ4v) is 1.62. The second kappa shape index (κ2) is 7.65. The van der Waals surface area contributed by atoms with Crippen molar-refractivity contribution in [1.82, 2.24) is 5.32 Å². The number of rotatable bonds is 6. The highest BCUT2D eigenvalue weighted by molar-refractivity contribution is 6.32. The SMILES string of the molecule is CC(C)CCNC(=O)COc1ccc(C#N)cc1Cl. The zero-order valence-corrected chi connectivity index (χ0v) is 11.8. The molecule has 0 radical (unpaired) electrons. The van der Waals surface area contributed by atoms with Crippen LogP contribution in [-0.4, -0.2) is 19.1 Å². The first-order valence-corrected chi connectivity index (χ1v) is 6.50. The largest absolute Gasteiger partial charge is 0.482 e. The molecule has 1 rings (SSSR count). The van der Waals surface area contributed by atoms with Gasteiger partial charge in [-0.15, -0.1) is 0 Å². The number of carbonyl (C=O) groups excluding carboxylic acids is 1. The summed E-state index contributed by atoms with van der Waals surface area (Å²) in [4.78, 5) is 11.5. The van der Waals surface area contributed by atoms with E-state index < -0.39 is 0 Å². The molecule has 0 aliphatic carbocycles. The predicted molar refractivity (Wildman–Crippen MR) is 74.1 cm³/mol. The molecule has 0 saturated heterocycles. The molecule has 5 heteroatoms. The van der Waals surface area contributed by atoms with Crippen molar-refractivity contribution in [2.75, 3.05) is 13.2 Å². The van der Waals surface area contributed by atoms with Crippen molar-refractivity contribution in [3.05, 3.63) is 28.8 Å². The van der Waals surface area contributed by atoms with E-state index in [4.69, 9.17) is 21.6 Å². The molecule has 0 unspecified atom stereocenters. The highest BCUT2D eigenvalue weighted by Crippen LogP contribution is 2.24. The lowest BCUT2D eigenvalue weighted by molar-refractivity contribution is -0.123. The van der Waals surface area contributed by atoms with Crippen LogP contribution in [0.1, 0.15) is 25.8 Å². The van der Waals surface area contributed by atoms with Gasteiger partial charge in [0, 0.05) is 6.54 Å². The fourth-order valence-electron chi connectivity index (χ4n) is 1.38. The molecule has 0 bridgehead atoms. The molecule has 1 N–H and O–H groups in total. The van der Waals surface area contributed by atoms with Gasteiger partial charge >= 0.3 is 0 Å². The van der Waals surface area contributed by atoms with Crippen LogP contribution in [0.4, 0.5) is 0 Å². The van der Waals surface area contributed by atoms with E-state index in [-0.39, 0.29) is 12.5 Å². The van der Waals surface area contributed by atoms with Crippen molar-refractivity contribution in [2.45, 2.75) is 20.3 Å². The van der Waals surface area contributed by atoms with Gasteiger partial charge in [-0.25, -0.2) is 0 Å². The van der Waals surface area contributed by atoms with Gasteiger partial charge in [0.05, 0.1) is 16.7 Å². The molecule has 19 heavy (non-hydrogen) atoms. The summed E-state index contributed by atoms with van der Waals surface area (Å²) in [7, 11) is 0. The minimum absolute atomic E-state index is 0.0796. The Kier molecular flexibility index (Phi) is 6.17. The lowest BCUT2D eigenvalue weighted by Crippen LogP contribution is -2.30. The Bertz CT molecular complexity index is 481. The second-order valence-electron chi connectivity index (χ2n) is 4.58. The third-order valence-corrected chi connectivity index (χ3v) is 2.76. The number of nitrogens with zero attached hydrogens (tertiary/aromatic N) is 1. The summed E-state index contributed by atoms with van der Waals surface area (Å²) in [5.41, 5.74) is 0.457.